The molecule has 1 rings (SSSR count). The lowest BCUT2D eigenvalue weighted by atomic mass is 9.90. The van der Waals surface area contributed by atoms with E-state index in [0.717, 1.165) is 13.1 Å². The predicted octanol–water partition coefficient (Wildman–Crippen LogP) is 2.03. The number of piperidine rings is 1. The first-order valence-electron chi connectivity index (χ1n) is 5.60. The van der Waals surface area contributed by atoms with Crippen LogP contribution in [-0.4, -0.2) is 37.1 Å². The quantitative estimate of drug-likeness (QED) is 0.692. The van der Waals surface area contributed by atoms with Gasteiger partial charge >= 0.3 is 0 Å². The highest BCUT2D eigenvalue weighted by Gasteiger charge is 2.27. The summed E-state index contributed by atoms with van der Waals surface area (Å²) in [7, 11) is 2.18. The Balaban J connectivity index is 2.36. The lowest BCUT2D eigenvalue weighted by Crippen LogP contribution is -2.53. The minimum absolute atomic E-state index is 0.322. The molecular formula is C12H24N2. The van der Waals surface area contributed by atoms with Crippen molar-refractivity contribution >= 4 is 0 Å². The van der Waals surface area contributed by atoms with Crippen LogP contribution in [0.3, 0.4) is 0 Å². The zero-order valence-corrected chi connectivity index (χ0v) is 9.90. The van der Waals surface area contributed by atoms with Crippen molar-refractivity contribution in [3.63, 3.8) is 0 Å². The Morgan fingerprint density at radius 2 is 2.21 bits per heavy atom. The number of hydrogen-bond donors (Lipinski definition) is 1. The molecule has 1 heterocycles. The Labute approximate surface area is 88.4 Å². The molecule has 0 saturated carbocycles. The highest BCUT2D eigenvalue weighted by atomic mass is 15.1. The molecule has 1 fully saturated rings. The van der Waals surface area contributed by atoms with Crippen LogP contribution in [0.5, 0.6) is 0 Å². The summed E-state index contributed by atoms with van der Waals surface area (Å²) in [5, 5.41) is 3.63. The third-order valence-corrected chi connectivity index (χ3v) is 2.87. The topological polar surface area (TPSA) is 15.3 Å². The second-order valence-corrected chi connectivity index (χ2v) is 5.07. The van der Waals surface area contributed by atoms with Gasteiger partial charge in [-0.05, 0) is 40.3 Å². The van der Waals surface area contributed by atoms with E-state index in [1.807, 2.05) is 0 Å². The maximum absolute atomic E-state index is 3.95. The molecule has 0 aliphatic carbocycles. The van der Waals surface area contributed by atoms with E-state index in [2.05, 4.69) is 37.7 Å². The van der Waals surface area contributed by atoms with Crippen molar-refractivity contribution in [3.8, 4) is 0 Å². The minimum atomic E-state index is 0.322. The van der Waals surface area contributed by atoms with Gasteiger partial charge in [-0.15, -0.1) is 0 Å². The van der Waals surface area contributed by atoms with Crippen molar-refractivity contribution in [3.05, 3.63) is 12.2 Å². The van der Waals surface area contributed by atoms with Crippen LogP contribution in [0.1, 0.15) is 33.1 Å². The van der Waals surface area contributed by atoms with E-state index < -0.39 is 0 Å². The lowest BCUT2D eigenvalue weighted by Gasteiger charge is -2.38. The Morgan fingerprint density at radius 3 is 2.71 bits per heavy atom. The van der Waals surface area contributed by atoms with Crippen molar-refractivity contribution in [1.82, 2.24) is 10.2 Å². The number of nitrogens with one attached hydrogen (secondary N) is 1. The molecule has 82 valence electrons. The van der Waals surface area contributed by atoms with Gasteiger partial charge in [-0.2, -0.15) is 0 Å². The van der Waals surface area contributed by atoms with E-state index in [4.69, 9.17) is 0 Å². The lowest BCUT2D eigenvalue weighted by molar-refractivity contribution is 0.195. The largest absolute Gasteiger partial charge is 0.310 e. The number of nitrogens with zero attached hydrogens (tertiary/aromatic N) is 1. The third kappa shape index (κ3) is 3.81. The van der Waals surface area contributed by atoms with Gasteiger partial charge in [0.05, 0.1) is 0 Å². The molecule has 0 bridgehead atoms. The maximum atomic E-state index is 3.95. The molecule has 1 aliphatic heterocycles. The van der Waals surface area contributed by atoms with Crippen LogP contribution in [-0.2, 0) is 0 Å². The summed E-state index contributed by atoms with van der Waals surface area (Å²) in [5.41, 5.74) is 1.56. The van der Waals surface area contributed by atoms with E-state index in [1.54, 1.807) is 0 Å². The van der Waals surface area contributed by atoms with Gasteiger partial charge in [0, 0.05) is 18.6 Å². The molecule has 1 N–H and O–H groups in total. The van der Waals surface area contributed by atoms with Gasteiger partial charge in [0.15, 0.2) is 0 Å². The Hall–Kier alpha value is -0.340. The van der Waals surface area contributed by atoms with Crippen LogP contribution in [0, 0.1) is 0 Å². The fourth-order valence-electron chi connectivity index (χ4n) is 2.37. The zero-order valence-electron chi connectivity index (χ0n) is 9.90. The predicted molar refractivity (Wildman–Crippen MR) is 62.6 cm³/mol. The SMILES string of the molecule is C=C(C)CN(C)CC1(C)CCCCN1. The number of rotatable bonds is 4. The van der Waals surface area contributed by atoms with Gasteiger partial charge in [-0.1, -0.05) is 18.6 Å². The van der Waals surface area contributed by atoms with Gasteiger partial charge in [0.25, 0.3) is 0 Å². The zero-order chi connectivity index (χ0) is 10.6. The molecule has 14 heavy (non-hydrogen) atoms. The summed E-state index contributed by atoms with van der Waals surface area (Å²) in [5.74, 6) is 0. The molecule has 1 unspecified atom stereocenters. The van der Waals surface area contributed by atoms with E-state index in [0.29, 0.717) is 5.54 Å². The summed E-state index contributed by atoms with van der Waals surface area (Å²) in [6.07, 6.45) is 4.00. The van der Waals surface area contributed by atoms with E-state index >= 15 is 0 Å². The second kappa shape index (κ2) is 4.94. The molecule has 0 aromatic rings. The molecule has 0 spiro atoms. The molecule has 1 aliphatic rings. The van der Waals surface area contributed by atoms with Crippen molar-refractivity contribution in [2.24, 2.45) is 0 Å². The smallest absolute Gasteiger partial charge is 0.0280 e. The first-order chi connectivity index (χ1) is 6.52. The van der Waals surface area contributed by atoms with Crippen LogP contribution in [0.4, 0.5) is 0 Å². The molecule has 2 nitrogen and oxygen atoms in total. The Bertz CT molecular complexity index is 192. The summed E-state index contributed by atoms with van der Waals surface area (Å²) in [6, 6.07) is 0. The van der Waals surface area contributed by atoms with Gasteiger partial charge in [0.1, 0.15) is 0 Å². The second-order valence-electron chi connectivity index (χ2n) is 5.07. The molecule has 1 atom stereocenters. The molecule has 0 radical (unpaired) electrons. The molecule has 0 aromatic carbocycles. The molecule has 0 amide bonds. The van der Waals surface area contributed by atoms with Crippen LogP contribution in [0.15, 0.2) is 12.2 Å². The molecule has 2 heteroatoms. The fourth-order valence-corrected chi connectivity index (χ4v) is 2.37. The average Bonchev–Trinajstić information content (AvgIpc) is 2.02. The average molecular weight is 196 g/mol. The van der Waals surface area contributed by atoms with Crippen LogP contribution in [0.2, 0.25) is 0 Å². The number of hydrogen-bond acceptors (Lipinski definition) is 2. The first kappa shape index (κ1) is 11.7. The van der Waals surface area contributed by atoms with E-state index in [-0.39, 0.29) is 0 Å². The fraction of sp³-hybridized carbons (Fsp3) is 0.833. The van der Waals surface area contributed by atoms with Gasteiger partial charge in [0.2, 0.25) is 0 Å². The summed E-state index contributed by atoms with van der Waals surface area (Å²) in [6.45, 7) is 11.7. The summed E-state index contributed by atoms with van der Waals surface area (Å²) in [4.78, 5) is 2.36. The van der Waals surface area contributed by atoms with Gasteiger partial charge < -0.3 is 10.2 Å². The van der Waals surface area contributed by atoms with Crippen molar-refractivity contribution in [2.75, 3.05) is 26.7 Å². The molecular weight excluding hydrogens is 172 g/mol. The Morgan fingerprint density at radius 1 is 1.50 bits per heavy atom. The number of likely N-dealkylation sites (N-methyl/N-ethyl adjacent to an activating group) is 1. The summed E-state index contributed by atoms with van der Waals surface area (Å²) < 4.78 is 0. The highest BCUT2D eigenvalue weighted by molar-refractivity contribution is 4.95. The minimum Gasteiger partial charge on any atom is -0.310 e. The van der Waals surface area contributed by atoms with Crippen LogP contribution < -0.4 is 5.32 Å². The van der Waals surface area contributed by atoms with Crippen molar-refractivity contribution in [2.45, 2.75) is 38.6 Å². The van der Waals surface area contributed by atoms with E-state index in [1.165, 1.54) is 31.4 Å². The monoisotopic (exact) mass is 196 g/mol. The van der Waals surface area contributed by atoms with Crippen molar-refractivity contribution < 1.29 is 0 Å². The van der Waals surface area contributed by atoms with Gasteiger partial charge in [-0.3, -0.25) is 0 Å². The van der Waals surface area contributed by atoms with Gasteiger partial charge in [-0.25, -0.2) is 0 Å². The highest BCUT2D eigenvalue weighted by Crippen LogP contribution is 2.19. The molecule has 1 saturated heterocycles. The standard InChI is InChI=1S/C12H24N2/c1-11(2)9-14(4)10-12(3)7-5-6-8-13-12/h13H,1,5-10H2,2-4H3. The first-order valence-corrected chi connectivity index (χ1v) is 5.60. The van der Waals surface area contributed by atoms with Crippen LogP contribution >= 0.6 is 0 Å². The normalized spacial score (nSPS) is 28.0. The third-order valence-electron chi connectivity index (χ3n) is 2.87. The summed E-state index contributed by atoms with van der Waals surface area (Å²) >= 11 is 0. The maximum Gasteiger partial charge on any atom is 0.0280 e. The van der Waals surface area contributed by atoms with Crippen LogP contribution in [0.25, 0.3) is 0 Å². The van der Waals surface area contributed by atoms with Crippen molar-refractivity contribution in [1.29, 1.82) is 0 Å². The Kier molecular flexibility index (Phi) is 4.14. The molecule has 0 aromatic heterocycles. The van der Waals surface area contributed by atoms with E-state index in [9.17, 15) is 0 Å².